The van der Waals surface area contributed by atoms with Gasteiger partial charge in [-0.25, -0.2) is 4.39 Å². The second-order valence-electron chi connectivity index (χ2n) is 5.11. The Morgan fingerprint density at radius 2 is 2.30 bits per heavy atom. The number of piperidine rings is 1. The first kappa shape index (κ1) is 15.4. The summed E-state index contributed by atoms with van der Waals surface area (Å²) in [6.07, 6.45) is 3.46. The van der Waals surface area contributed by atoms with Gasteiger partial charge in [-0.15, -0.1) is 0 Å². The highest BCUT2D eigenvalue weighted by Gasteiger charge is 2.22. The summed E-state index contributed by atoms with van der Waals surface area (Å²) in [5, 5.41) is 3.42. The van der Waals surface area contributed by atoms with Crippen molar-refractivity contribution in [3.63, 3.8) is 0 Å². The normalized spacial score (nSPS) is 18.9. The lowest BCUT2D eigenvalue weighted by Crippen LogP contribution is -2.45. The molecule has 1 aliphatic heterocycles. The van der Waals surface area contributed by atoms with Crippen LogP contribution < -0.4 is 5.32 Å². The van der Waals surface area contributed by atoms with E-state index in [9.17, 15) is 9.18 Å². The zero-order chi connectivity index (χ0) is 14.5. The molecule has 2 rings (SSSR count). The van der Waals surface area contributed by atoms with Crippen LogP contribution in [0.15, 0.2) is 22.7 Å². The van der Waals surface area contributed by atoms with Crippen molar-refractivity contribution in [1.82, 2.24) is 10.2 Å². The van der Waals surface area contributed by atoms with Gasteiger partial charge in [0.15, 0.2) is 0 Å². The molecule has 0 bridgehead atoms. The van der Waals surface area contributed by atoms with Crippen LogP contribution in [0.2, 0.25) is 0 Å². The summed E-state index contributed by atoms with van der Waals surface area (Å²) in [7, 11) is 0. The van der Waals surface area contributed by atoms with Crippen LogP contribution >= 0.6 is 15.9 Å². The molecule has 1 aromatic rings. The van der Waals surface area contributed by atoms with Gasteiger partial charge in [0.05, 0.1) is 5.56 Å². The first-order valence-electron chi connectivity index (χ1n) is 7.09. The van der Waals surface area contributed by atoms with E-state index >= 15 is 0 Å². The molecule has 1 atom stereocenters. The maximum atomic E-state index is 13.9. The van der Waals surface area contributed by atoms with Crippen molar-refractivity contribution < 1.29 is 9.18 Å². The minimum Gasteiger partial charge on any atom is -0.337 e. The Morgan fingerprint density at radius 1 is 1.50 bits per heavy atom. The van der Waals surface area contributed by atoms with E-state index < -0.39 is 5.82 Å². The molecule has 0 aliphatic carbocycles. The molecule has 1 N–H and O–H groups in total. The molecule has 0 aromatic heterocycles. The highest BCUT2D eigenvalue weighted by molar-refractivity contribution is 9.10. The van der Waals surface area contributed by atoms with E-state index in [-0.39, 0.29) is 11.5 Å². The molecule has 20 heavy (non-hydrogen) atoms. The molecule has 3 nitrogen and oxygen atoms in total. The molecule has 5 heteroatoms. The summed E-state index contributed by atoms with van der Waals surface area (Å²) in [6.45, 7) is 4.16. The van der Waals surface area contributed by atoms with Gasteiger partial charge in [0.2, 0.25) is 0 Å². The molecular formula is C15H20BrFN2O. The lowest BCUT2D eigenvalue weighted by atomic mass is 10.0. The molecule has 1 aromatic carbocycles. The van der Waals surface area contributed by atoms with Crippen LogP contribution in [-0.2, 0) is 0 Å². The van der Waals surface area contributed by atoms with E-state index in [1.54, 1.807) is 17.0 Å². The smallest absolute Gasteiger partial charge is 0.256 e. The van der Waals surface area contributed by atoms with Crippen LogP contribution in [0.3, 0.4) is 0 Å². The highest BCUT2D eigenvalue weighted by Crippen LogP contribution is 2.18. The number of nitrogens with one attached hydrogen (secondary N) is 1. The number of amides is 1. The Bertz CT molecular complexity index is 475. The van der Waals surface area contributed by atoms with Crippen LogP contribution in [0.5, 0.6) is 0 Å². The monoisotopic (exact) mass is 342 g/mol. The highest BCUT2D eigenvalue weighted by atomic mass is 79.9. The summed E-state index contributed by atoms with van der Waals surface area (Å²) in [6, 6.07) is 4.90. The fourth-order valence-electron chi connectivity index (χ4n) is 2.53. The summed E-state index contributed by atoms with van der Waals surface area (Å²) >= 11 is 3.20. The fraction of sp³-hybridized carbons (Fsp3) is 0.533. The van der Waals surface area contributed by atoms with E-state index in [2.05, 4.69) is 21.2 Å². The zero-order valence-electron chi connectivity index (χ0n) is 11.7. The number of halogens is 2. The van der Waals surface area contributed by atoms with Crippen LogP contribution in [0.1, 0.15) is 36.5 Å². The molecule has 1 heterocycles. The average molecular weight is 343 g/mol. The van der Waals surface area contributed by atoms with Crippen LogP contribution in [0.4, 0.5) is 4.39 Å². The predicted octanol–water partition coefficient (Wildman–Crippen LogP) is 3.19. The summed E-state index contributed by atoms with van der Waals surface area (Å²) in [4.78, 5) is 14.1. The number of carbonyl (C=O) groups excluding carboxylic acids is 1. The van der Waals surface area contributed by atoms with Gasteiger partial charge < -0.3 is 10.2 Å². The lowest BCUT2D eigenvalue weighted by molar-refractivity contribution is 0.0737. The van der Waals surface area contributed by atoms with E-state index in [0.29, 0.717) is 23.6 Å². The fourth-order valence-corrected chi connectivity index (χ4v) is 2.87. The van der Waals surface area contributed by atoms with Crippen LogP contribution in [0, 0.1) is 5.82 Å². The third-order valence-corrected chi connectivity index (χ3v) is 4.18. The number of likely N-dealkylation sites (N-methyl/N-ethyl adjacent to an activating group) is 1. The van der Waals surface area contributed by atoms with Crippen molar-refractivity contribution in [2.75, 3.05) is 19.6 Å². The molecule has 0 saturated carbocycles. The molecule has 0 spiro atoms. The van der Waals surface area contributed by atoms with Gasteiger partial charge >= 0.3 is 0 Å². The number of benzene rings is 1. The quantitative estimate of drug-likeness (QED) is 0.911. The largest absolute Gasteiger partial charge is 0.337 e. The van der Waals surface area contributed by atoms with E-state index in [4.69, 9.17) is 0 Å². The third kappa shape index (κ3) is 3.79. The Kier molecular flexibility index (Phi) is 5.54. The third-order valence-electron chi connectivity index (χ3n) is 3.68. The number of hydrogen-bond donors (Lipinski definition) is 1. The van der Waals surface area contributed by atoms with Gasteiger partial charge in [-0.2, -0.15) is 0 Å². The molecular weight excluding hydrogens is 323 g/mol. The van der Waals surface area contributed by atoms with E-state index in [1.807, 2.05) is 6.92 Å². The molecule has 1 unspecified atom stereocenters. The van der Waals surface area contributed by atoms with Crippen LogP contribution in [-0.4, -0.2) is 36.5 Å². The van der Waals surface area contributed by atoms with Crippen LogP contribution in [0.25, 0.3) is 0 Å². The standard InChI is InChI=1S/C15H20BrFN2O/c1-2-19(10-12-5-3-4-8-18-12)15(20)13-7-6-11(16)9-14(13)17/h6-7,9,12,18H,2-5,8,10H2,1H3. The summed E-state index contributed by atoms with van der Waals surface area (Å²) in [5.74, 6) is -0.704. The maximum absolute atomic E-state index is 13.9. The molecule has 1 fully saturated rings. The van der Waals surface area contributed by atoms with Crippen molar-refractivity contribution in [1.29, 1.82) is 0 Å². The average Bonchev–Trinajstić information content (AvgIpc) is 2.45. The minimum atomic E-state index is -0.473. The van der Waals surface area contributed by atoms with Gasteiger partial charge in [0, 0.05) is 23.6 Å². The zero-order valence-corrected chi connectivity index (χ0v) is 13.2. The second kappa shape index (κ2) is 7.18. The Balaban J connectivity index is 2.07. The molecule has 1 amide bonds. The summed E-state index contributed by atoms with van der Waals surface area (Å²) < 4.78 is 14.5. The van der Waals surface area contributed by atoms with Gasteiger partial charge in [0.25, 0.3) is 5.91 Å². The van der Waals surface area contributed by atoms with Crippen molar-refractivity contribution in [2.24, 2.45) is 0 Å². The van der Waals surface area contributed by atoms with Gasteiger partial charge in [-0.05, 0) is 44.5 Å². The number of hydrogen-bond acceptors (Lipinski definition) is 2. The number of rotatable bonds is 4. The van der Waals surface area contributed by atoms with Gasteiger partial charge in [-0.1, -0.05) is 22.4 Å². The molecule has 1 saturated heterocycles. The maximum Gasteiger partial charge on any atom is 0.256 e. The lowest BCUT2D eigenvalue weighted by Gasteiger charge is -2.30. The van der Waals surface area contributed by atoms with Gasteiger partial charge in [-0.3, -0.25) is 4.79 Å². The van der Waals surface area contributed by atoms with Crippen molar-refractivity contribution >= 4 is 21.8 Å². The Labute approximate surface area is 127 Å². The van der Waals surface area contributed by atoms with E-state index in [0.717, 1.165) is 13.0 Å². The number of nitrogens with zero attached hydrogens (tertiary/aromatic N) is 1. The second-order valence-corrected chi connectivity index (χ2v) is 6.03. The Morgan fingerprint density at radius 3 is 2.90 bits per heavy atom. The predicted molar refractivity (Wildman–Crippen MR) is 81.3 cm³/mol. The first-order valence-corrected chi connectivity index (χ1v) is 7.89. The topological polar surface area (TPSA) is 32.3 Å². The molecule has 110 valence electrons. The Hall–Kier alpha value is -0.940. The minimum absolute atomic E-state index is 0.144. The summed E-state index contributed by atoms with van der Waals surface area (Å²) in [5.41, 5.74) is 0.144. The first-order chi connectivity index (χ1) is 9.61. The van der Waals surface area contributed by atoms with E-state index in [1.165, 1.54) is 18.9 Å². The van der Waals surface area contributed by atoms with Crippen molar-refractivity contribution in [3.05, 3.63) is 34.1 Å². The van der Waals surface area contributed by atoms with Gasteiger partial charge in [0.1, 0.15) is 5.82 Å². The number of carbonyl (C=O) groups is 1. The SMILES string of the molecule is CCN(CC1CCCCN1)C(=O)c1ccc(Br)cc1F. The van der Waals surface area contributed by atoms with Crippen molar-refractivity contribution in [3.8, 4) is 0 Å². The molecule has 0 radical (unpaired) electrons. The molecule has 1 aliphatic rings. The van der Waals surface area contributed by atoms with Crippen molar-refractivity contribution in [2.45, 2.75) is 32.2 Å².